The smallest absolute Gasteiger partial charge is 0.336 e. The minimum Gasteiger partial charge on any atom is -0.481 e. The van der Waals surface area contributed by atoms with E-state index in [1.807, 2.05) is 0 Å². The first-order valence-electron chi connectivity index (χ1n) is 3.45. The van der Waals surface area contributed by atoms with E-state index in [1.165, 1.54) is 0 Å². The van der Waals surface area contributed by atoms with Crippen molar-refractivity contribution in [2.24, 2.45) is 0 Å². The lowest BCUT2D eigenvalue weighted by Crippen LogP contribution is -2.42. The van der Waals surface area contributed by atoms with Gasteiger partial charge in [-0.15, -0.1) is 0 Å². The molecule has 0 heterocycles. The molecule has 0 aliphatic carbocycles. The summed E-state index contributed by atoms with van der Waals surface area (Å²) in [6.07, 6.45) is -1.68. The number of carbonyl (C=O) groups excluding carboxylic acids is 1. The monoisotopic (exact) mass is 190 g/mol. The van der Waals surface area contributed by atoms with E-state index in [0.29, 0.717) is 0 Å². The standard InChI is InChI=1S/C7H10O6/c1-4(8)2-7(13,6(11)12)3-5(9)10/h13H,2-3H2,1H3,(H,9,10)(H,11,12)/t7-/m1/s1. The van der Waals surface area contributed by atoms with Crippen molar-refractivity contribution in [2.45, 2.75) is 25.4 Å². The van der Waals surface area contributed by atoms with Gasteiger partial charge in [-0.2, -0.15) is 0 Å². The minimum absolute atomic E-state index is 0.578. The Morgan fingerprint density at radius 3 is 1.85 bits per heavy atom. The number of Topliss-reactive ketones (excluding diaryl/α,β-unsaturated/α-hetero) is 1. The highest BCUT2D eigenvalue weighted by atomic mass is 16.4. The summed E-state index contributed by atoms with van der Waals surface area (Å²) in [7, 11) is 0. The van der Waals surface area contributed by atoms with Crippen LogP contribution >= 0.6 is 0 Å². The second kappa shape index (κ2) is 3.99. The Kier molecular flexibility index (Phi) is 3.55. The number of aliphatic carboxylic acids is 2. The van der Waals surface area contributed by atoms with Crippen LogP contribution in [0.5, 0.6) is 0 Å². The number of hydrogen-bond acceptors (Lipinski definition) is 4. The zero-order valence-corrected chi connectivity index (χ0v) is 6.98. The topological polar surface area (TPSA) is 112 Å². The van der Waals surface area contributed by atoms with E-state index in [1.54, 1.807) is 0 Å². The highest BCUT2D eigenvalue weighted by molar-refractivity contribution is 5.90. The maximum Gasteiger partial charge on any atom is 0.336 e. The number of carboxylic acids is 2. The molecule has 0 amide bonds. The second-order valence-corrected chi connectivity index (χ2v) is 2.79. The number of carbonyl (C=O) groups is 3. The molecular weight excluding hydrogens is 180 g/mol. The third kappa shape index (κ3) is 3.66. The van der Waals surface area contributed by atoms with E-state index >= 15 is 0 Å². The first-order valence-corrected chi connectivity index (χ1v) is 3.45. The molecule has 3 N–H and O–H groups in total. The Labute approximate surface area is 73.8 Å². The van der Waals surface area contributed by atoms with Crippen molar-refractivity contribution < 1.29 is 29.7 Å². The normalized spacial score (nSPS) is 14.6. The van der Waals surface area contributed by atoms with Crippen LogP contribution in [0.2, 0.25) is 0 Å². The van der Waals surface area contributed by atoms with E-state index in [0.717, 1.165) is 6.92 Å². The van der Waals surface area contributed by atoms with Gasteiger partial charge in [-0.25, -0.2) is 4.79 Å². The molecule has 0 aromatic heterocycles. The molecule has 0 rings (SSSR count). The predicted molar refractivity (Wildman–Crippen MR) is 40.1 cm³/mol. The molecule has 13 heavy (non-hydrogen) atoms. The van der Waals surface area contributed by atoms with Crippen LogP contribution in [0.15, 0.2) is 0 Å². The lowest BCUT2D eigenvalue weighted by molar-refractivity contribution is -0.167. The summed E-state index contributed by atoms with van der Waals surface area (Å²) in [5, 5.41) is 26.0. The maximum atomic E-state index is 10.5. The van der Waals surface area contributed by atoms with Crippen molar-refractivity contribution in [2.75, 3.05) is 0 Å². The molecule has 0 aromatic rings. The number of carboxylic acid groups (broad SMARTS) is 2. The lowest BCUT2D eigenvalue weighted by atomic mass is 9.94. The maximum absolute atomic E-state index is 10.5. The van der Waals surface area contributed by atoms with Gasteiger partial charge >= 0.3 is 11.9 Å². The molecule has 0 aliphatic heterocycles. The van der Waals surface area contributed by atoms with Crippen LogP contribution in [0.25, 0.3) is 0 Å². The summed E-state index contributed by atoms with van der Waals surface area (Å²) >= 11 is 0. The molecule has 0 aliphatic rings. The number of hydrogen-bond donors (Lipinski definition) is 3. The van der Waals surface area contributed by atoms with Gasteiger partial charge in [-0.05, 0) is 6.92 Å². The van der Waals surface area contributed by atoms with E-state index in [-0.39, 0.29) is 0 Å². The van der Waals surface area contributed by atoms with Crippen LogP contribution < -0.4 is 0 Å². The van der Waals surface area contributed by atoms with Crippen LogP contribution in [0, 0.1) is 0 Å². The van der Waals surface area contributed by atoms with Crippen LogP contribution in [0.1, 0.15) is 19.8 Å². The molecule has 0 aromatic carbocycles. The third-order valence-electron chi connectivity index (χ3n) is 1.38. The number of rotatable bonds is 5. The van der Waals surface area contributed by atoms with Gasteiger partial charge in [0, 0.05) is 6.42 Å². The van der Waals surface area contributed by atoms with E-state index in [9.17, 15) is 19.5 Å². The molecule has 1 atom stereocenters. The lowest BCUT2D eigenvalue weighted by Gasteiger charge is -2.19. The van der Waals surface area contributed by atoms with Crippen LogP contribution in [0.3, 0.4) is 0 Å². The summed E-state index contributed by atoms with van der Waals surface area (Å²) in [5.74, 6) is -3.75. The van der Waals surface area contributed by atoms with Gasteiger partial charge < -0.3 is 15.3 Å². The highest BCUT2D eigenvalue weighted by Crippen LogP contribution is 2.16. The van der Waals surface area contributed by atoms with E-state index in [2.05, 4.69) is 0 Å². The van der Waals surface area contributed by atoms with Crippen LogP contribution in [-0.2, 0) is 14.4 Å². The Balaban J connectivity index is 4.62. The largest absolute Gasteiger partial charge is 0.481 e. The Morgan fingerprint density at radius 1 is 1.15 bits per heavy atom. The van der Waals surface area contributed by atoms with Gasteiger partial charge in [0.05, 0.1) is 6.42 Å². The van der Waals surface area contributed by atoms with Crippen molar-refractivity contribution in [1.29, 1.82) is 0 Å². The van der Waals surface area contributed by atoms with Crippen LogP contribution in [-0.4, -0.2) is 38.6 Å². The minimum atomic E-state index is -2.49. The summed E-state index contributed by atoms with van der Waals surface area (Å²) in [6, 6.07) is 0. The number of ketones is 1. The molecule has 6 heteroatoms. The highest BCUT2D eigenvalue weighted by Gasteiger charge is 2.39. The van der Waals surface area contributed by atoms with Crippen molar-refractivity contribution in [1.82, 2.24) is 0 Å². The van der Waals surface area contributed by atoms with Crippen molar-refractivity contribution in [3.63, 3.8) is 0 Å². The third-order valence-corrected chi connectivity index (χ3v) is 1.38. The summed E-state index contributed by atoms with van der Waals surface area (Å²) in [4.78, 5) is 31.1. The Morgan fingerprint density at radius 2 is 1.62 bits per heavy atom. The predicted octanol–water partition coefficient (Wildman–Crippen LogP) is -0.744. The molecule has 0 spiro atoms. The van der Waals surface area contributed by atoms with E-state index < -0.39 is 36.2 Å². The fraction of sp³-hybridized carbons (Fsp3) is 0.571. The molecular formula is C7H10O6. The van der Waals surface area contributed by atoms with Gasteiger partial charge in [0.2, 0.25) is 0 Å². The van der Waals surface area contributed by atoms with Gasteiger partial charge in [-0.1, -0.05) is 0 Å². The average molecular weight is 190 g/mol. The van der Waals surface area contributed by atoms with Crippen molar-refractivity contribution in [3.05, 3.63) is 0 Å². The molecule has 0 fully saturated rings. The first-order chi connectivity index (χ1) is 5.78. The molecule has 6 nitrogen and oxygen atoms in total. The van der Waals surface area contributed by atoms with Crippen molar-refractivity contribution >= 4 is 17.7 Å². The fourth-order valence-electron chi connectivity index (χ4n) is 0.876. The Hall–Kier alpha value is -1.43. The molecule has 0 radical (unpaired) electrons. The number of aliphatic hydroxyl groups is 1. The average Bonchev–Trinajstić information content (AvgIpc) is 1.82. The van der Waals surface area contributed by atoms with E-state index in [4.69, 9.17) is 10.2 Å². The quantitative estimate of drug-likeness (QED) is 0.526. The molecule has 0 unspecified atom stereocenters. The molecule has 0 saturated carbocycles. The zero-order valence-electron chi connectivity index (χ0n) is 6.98. The summed E-state index contributed by atoms with van der Waals surface area (Å²) in [5.41, 5.74) is -2.49. The van der Waals surface area contributed by atoms with Crippen molar-refractivity contribution in [3.8, 4) is 0 Å². The van der Waals surface area contributed by atoms with Gasteiger partial charge in [0.1, 0.15) is 5.78 Å². The van der Waals surface area contributed by atoms with Crippen LogP contribution in [0.4, 0.5) is 0 Å². The molecule has 0 saturated heterocycles. The SMILES string of the molecule is CC(=O)C[C@@](O)(CC(=O)O)C(=O)O. The zero-order chi connectivity index (χ0) is 10.6. The van der Waals surface area contributed by atoms with Gasteiger partial charge in [0.15, 0.2) is 5.60 Å². The molecule has 74 valence electrons. The second-order valence-electron chi connectivity index (χ2n) is 2.79. The van der Waals surface area contributed by atoms with Gasteiger partial charge in [0.25, 0.3) is 0 Å². The summed E-state index contributed by atoms with van der Waals surface area (Å²) < 4.78 is 0. The van der Waals surface area contributed by atoms with Gasteiger partial charge in [-0.3, -0.25) is 9.59 Å². The first kappa shape index (κ1) is 11.6. The summed E-state index contributed by atoms with van der Waals surface area (Å²) in [6.45, 7) is 1.08. The fourth-order valence-corrected chi connectivity index (χ4v) is 0.876. The molecule has 0 bridgehead atoms. The Bertz CT molecular complexity index is 227.